The van der Waals surface area contributed by atoms with E-state index in [2.05, 4.69) is 10.2 Å². The zero-order chi connectivity index (χ0) is 17.2. The summed E-state index contributed by atoms with van der Waals surface area (Å²) < 4.78 is 5.24. The number of likely N-dealkylation sites (tertiary alicyclic amines) is 1. The van der Waals surface area contributed by atoms with Crippen molar-refractivity contribution in [3.05, 3.63) is 52.3 Å². The van der Waals surface area contributed by atoms with Crippen LogP contribution in [-0.4, -0.2) is 40.1 Å². The second-order valence-electron chi connectivity index (χ2n) is 6.01. The standard InChI is InChI=1S/C18H17N3O3S/c22-17(21-7-1-3-15(21)16-4-2-8-25-16)11-24-18(23)12-5-6-14-13(9-12)10-19-20-14/h2,4-6,8-10,15H,1,3,7,11H2,(H,19,20)/t15-/m0/s1. The van der Waals surface area contributed by atoms with Gasteiger partial charge in [-0.3, -0.25) is 9.89 Å². The number of esters is 1. The minimum atomic E-state index is -0.497. The molecule has 1 N–H and O–H groups in total. The molecule has 1 aliphatic rings. The maximum absolute atomic E-state index is 12.5. The highest BCUT2D eigenvalue weighted by molar-refractivity contribution is 7.10. The minimum Gasteiger partial charge on any atom is -0.452 e. The highest BCUT2D eigenvalue weighted by Crippen LogP contribution is 2.34. The second-order valence-corrected chi connectivity index (χ2v) is 6.99. The van der Waals surface area contributed by atoms with Crippen LogP contribution in [0.3, 0.4) is 0 Å². The lowest BCUT2D eigenvalue weighted by Crippen LogP contribution is -2.34. The number of nitrogens with one attached hydrogen (secondary N) is 1. The van der Waals surface area contributed by atoms with Crippen molar-refractivity contribution in [3.8, 4) is 0 Å². The Labute approximate surface area is 148 Å². The summed E-state index contributed by atoms with van der Waals surface area (Å²) in [6.45, 7) is 0.476. The van der Waals surface area contributed by atoms with Crippen LogP contribution in [0.4, 0.5) is 0 Å². The molecule has 0 aliphatic carbocycles. The number of amides is 1. The molecule has 7 heteroatoms. The number of aromatic amines is 1. The average Bonchev–Trinajstić information content (AvgIpc) is 3.38. The number of thiophene rings is 1. The average molecular weight is 355 g/mol. The first-order valence-corrected chi connectivity index (χ1v) is 9.03. The zero-order valence-corrected chi connectivity index (χ0v) is 14.3. The number of fused-ring (bicyclic) bond motifs is 1. The lowest BCUT2D eigenvalue weighted by Gasteiger charge is -2.23. The van der Waals surface area contributed by atoms with E-state index in [4.69, 9.17) is 4.74 Å². The van der Waals surface area contributed by atoms with E-state index in [9.17, 15) is 9.59 Å². The molecule has 0 radical (unpaired) electrons. The summed E-state index contributed by atoms with van der Waals surface area (Å²) in [5.74, 6) is -0.642. The van der Waals surface area contributed by atoms with Crippen LogP contribution in [0.2, 0.25) is 0 Å². The van der Waals surface area contributed by atoms with Gasteiger partial charge in [0.05, 0.1) is 23.3 Å². The van der Waals surface area contributed by atoms with Gasteiger partial charge in [-0.25, -0.2) is 4.79 Å². The highest BCUT2D eigenvalue weighted by atomic mass is 32.1. The van der Waals surface area contributed by atoms with Gasteiger partial charge in [0.2, 0.25) is 0 Å². The third kappa shape index (κ3) is 3.15. The summed E-state index contributed by atoms with van der Waals surface area (Å²) in [7, 11) is 0. The van der Waals surface area contributed by atoms with Crippen LogP contribution in [0.25, 0.3) is 10.9 Å². The third-order valence-electron chi connectivity index (χ3n) is 4.45. The summed E-state index contributed by atoms with van der Waals surface area (Å²) in [5.41, 5.74) is 1.27. The van der Waals surface area contributed by atoms with Crippen LogP contribution >= 0.6 is 11.3 Å². The Bertz CT molecular complexity index is 903. The van der Waals surface area contributed by atoms with Gasteiger partial charge in [-0.15, -0.1) is 11.3 Å². The Kier molecular flexibility index (Phi) is 4.23. The van der Waals surface area contributed by atoms with Gasteiger partial charge in [-0.2, -0.15) is 5.10 Å². The number of rotatable bonds is 4. The Morgan fingerprint density at radius 1 is 1.36 bits per heavy atom. The van der Waals surface area contributed by atoms with Crippen LogP contribution in [0.1, 0.15) is 34.1 Å². The molecule has 2 aromatic heterocycles. The van der Waals surface area contributed by atoms with Gasteiger partial charge in [0.25, 0.3) is 5.91 Å². The van der Waals surface area contributed by atoms with Crippen molar-refractivity contribution in [1.29, 1.82) is 0 Å². The van der Waals surface area contributed by atoms with Crippen molar-refractivity contribution in [2.75, 3.05) is 13.2 Å². The van der Waals surface area contributed by atoms with E-state index < -0.39 is 5.97 Å². The first-order valence-electron chi connectivity index (χ1n) is 8.15. The molecule has 0 saturated carbocycles. The van der Waals surface area contributed by atoms with E-state index in [1.54, 1.807) is 35.7 Å². The number of benzene rings is 1. The maximum atomic E-state index is 12.5. The number of H-pyrrole nitrogens is 1. The number of nitrogens with zero attached hydrogens (tertiary/aromatic N) is 2. The summed E-state index contributed by atoms with van der Waals surface area (Å²) >= 11 is 1.65. The molecule has 1 atom stereocenters. The van der Waals surface area contributed by atoms with Gasteiger partial charge in [0.1, 0.15) is 0 Å². The molecule has 3 aromatic rings. The molecule has 25 heavy (non-hydrogen) atoms. The van der Waals surface area contributed by atoms with E-state index in [0.717, 1.165) is 23.7 Å². The first kappa shape index (κ1) is 15.8. The molecule has 0 bridgehead atoms. The topological polar surface area (TPSA) is 75.3 Å². The molecule has 1 amide bonds. The maximum Gasteiger partial charge on any atom is 0.338 e. The Morgan fingerprint density at radius 3 is 3.12 bits per heavy atom. The molecule has 1 aliphatic heterocycles. The summed E-state index contributed by atoms with van der Waals surface area (Å²) in [5, 5.41) is 9.60. The van der Waals surface area contributed by atoms with E-state index >= 15 is 0 Å². The fourth-order valence-electron chi connectivity index (χ4n) is 3.21. The molecule has 4 rings (SSSR count). The van der Waals surface area contributed by atoms with Gasteiger partial charge in [0, 0.05) is 16.8 Å². The van der Waals surface area contributed by atoms with E-state index in [1.165, 1.54) is 4.88 Å². The smallest absolute Gasteiger partial charge is 0.338 e. The van der Waals surface area contributed by atoms with E-state index in [0.29, 0.717) is 12.1 Å². The van der Waals surface area contributed by atoms with Crippen molar-refractivity contribution >= 4 is 34.1 Å². The minimum absolute atomic E-state index is 0.105. The largest absolute Gasteiger partial charge is 0.452 e. The quantitative estimate of drug-likeness (QED) is 0.730. The number of carbonyl (C=O) groups is 2. The van der Waals surface area contributed by atoms with E-state index in [-0.39, 0.29) is 18.6 Å². The van der Waals surface area contributed by atoms with Crippen LogP contribution in [0, 0.1) is 0 Å². The zero-order valence-electron chi connectivity index (χ0n) is 13.5. The van der Waals surface area contributed by atoms with Crippen molar-refractivity contribution in [3.63, 3.8) is 0 Å². The molecular formula is C18H17N3O3S. The number of ether oxygens (including phenoxy) is 1. The number of carbonyl (C=O) groups excluding carboxylic acids is 2. The summed E-state index contributed by atoms with van der Waals surface area (Å²) in [4.78, 5) is 27.7. The number of aromatic nitrogens is 2. The van der Waals surface area contributed by atoms with Crippen molar-refractivity contribution in [2.45, 2.75) is 18.9 Å². The van der Waals surface area contributed by atoms with E-state index in [1.807, 2.05) is 22.4 Å². The van der Waals surface area contributed by atoms with Gasteiger partial charge in [-0.1, -0.05) is 6.07 Å². The SMILES string of the molecule is O=C(OCC(=O)N1CCC[C@H]1c1cccs1)c1ccc2[nH]ncc2c1. The summed E-state index contributed by atoms with van der Waals surface area (Å²) in [6, 6.07) is 9.29. The fraction of sp³-hybridized carbons (Fsp3) is 0.278. The molecule has 0 unspecified atom stereocenters. The van der Waals surface area contributed by atoms with Crippen molar-refractivity contribution in [2.24, 2.45) is 0 Å². The fourth-order valence-corrected chi connectivity index (χ4v) is 4.08. The molecule has 3 heterocycles. The number of hydrogen-bond donors (Lipinski definition) is 1. The first-order chi connectivity index (χ1) is 12.2. The molecule has 1 aromatic carbocycles. The van der Waals surface area contributed by atoms with Gasteiger partial charge in [-0.05, 0) is 42.5 Å². The highest BCUT2D eigenvalue weighted by Gasteiger charge is 2.31. The Morgan fingerprint density at radius 2 is 2.28 bits per heavy atom. The molecule has 0 spiro atoms. The third-order valence-corrected chi connectivity index (χ3v) is 5.42. The van der Waals surface area contributed by atoms with Crippen molar-refractivity contribution < 1.29 is 14.3 Å². The van der Waals surface area contributed by atoms with Gasteiger partial charge in [0.15, 0.2) is 6.61 Å². The summed E-state index contributed by atoms with van der Waals surface area (Å²) in [6.07, 6.45) is 3.57. The van der Waals surface area contributed by atoms with Crippen molar-refractivity contribution in [1.82, 2.24) is 15.1 Å². The predicted molar refractivity (Wildman–Crippen MR) is 94.4 cm³/mol. The predicted octanol–water partition coefficient (Wildman–Crippen LogP) is 3.14. The molecular weight excluding hydrogens is 338 g/mol. The molecule has 6 nitrogen and oxygen atoms in total. The van der Waals surface area contributed by atoms with Crippen LogP contribution < -0.4 is 0 Å². The van der Waals surface area contributed by atoms with Gasteiger partial charge >= 0.3 is 5.97 Å². The lowest BCUT2D eigenvalue weighted by atomic mass is 10.1. The molecule has 128 valence electrons. The lowest BCUT2D eigenvalue weighted by molar-refractivity contribution is -0.135. The Balaban J connectivity index is 1.40. The molecule has 1 saturated heterocycles. The number of hydrogen-bond acceptors (Lipinski definition) is 5. The van der Waals surface area contributed by atoms with Gasteiger partial charge < -0.3 is 9.64 Å². The second kappa shape index (κ2) is 6.68. The van der Waals surface area contributed by atoms with Crippen LogP contribution in [0.5, 0.6) is 0 Å². The molecule has 1 fully saturated rings. The van der Waals surface area contributed by atoms with Crippen LogP contribution in [-0.2, 0) is 9.53 Å². The van der Waals surface area contributed by atoms with Crippen LogP contribution in [0.15, 0.2) is 41.9 Å². The normalized spacial score (nSPS) is 17.1. The Hall–Kier alpha value is -2.67. The monoisotopic (exact) mass is 355 g/mol.